The summed E-state index contributed by atoms with van der Waals surface area (Å²) in [6.45, 7) is 11.6. The molecular formula is C18H27NO. The fourth-order valence-corrected chi connectivity index (χ4v) is 2.37. The zero-order valence-corrected chi connectivity index (χ0v) is 13.3. The Morgan fingerprint density at radius 3 is 2.15 bits per heavy atom. The normalized spacial score (nSPS) is 11.8. The number of amides is 1. The minimum absolute atomic E-state index is 0.0168. The molecule has 0 unspecified atom stereocenters. The van der Waals surface area contributed by atoms with E-state index in [4.69, 9.17) is 0 Å². The van der Waals surface area contributed by atoms with Crippen LogP contribution < -0.4 is 5.32 Å². The number of aryl methyl sites for hydroxylation is 1. The van der Waals surface area contributed by atoms with Crippen molar-refractivity contribution in [3.63, 3.8) is 0 Å². The largest absolute Gasteiger partial charge is 0.352 e. The summed E-state index contributed by atoms with van der Waals surface area (Å²) in [5, 5.41) is 3.00. The van der Waals surface area contributed by atoms with E-state index < -0.39 is 0 Å². The van der Waals surface area contributed by atoms with Crippen LogP contribution in [-0.4, -0.2) is 12.5 Å². The minimum Gasteiger partial charge on any atom is -0.352 e. The van der Waals surface area contributed by atoms with Crippen LogP contribution >= 0.6 is 0 Å². The Morgan fingerprint density at radius 2 is 1.65 bits per heavy atom. The molecule has 20 heavy (non-hydrogen) atoms. The highest BCUT2D eigenvalue weighted by Gasteiger charge is 2.17. The number of rotatable bonds is 6. The van der Waals surface area contributed by atoms with E-state index in [1.807, 2.05) is 30.3 Å². The van der Waals surface area contributed by atoms with Crippen LogP contribution in [0.25, 0.3) is 6.08 Å². The first-order valence-corrected chi connectivity index (χ1v) is 7.42. The van der Waals surface area contributed by atoms with Gasteiger partial charge in [0.15, 0.2) is 0 Å². The van der Waals surface area contributed by atoms with E-state index in [0.29, 0.717) is 17.8 Å². The molecule has 0 spiro atoms. The Balaban J connectivity index is 2.49. The van der Waals surface area contributed by atoms with Gasteiger partial charge in [-0.2, -0.15) is 0 Å². The van der Waals surface area contributed by atoms with Crippen molar-refractivity contribution in [3.05, 3.63) is 41.5 Å². The topological polar surface area (TPSA) is 29.1 Å². The standard InChI is InChI=1S/C18H27NO/c1-13(2)17(14(3)4)12-19-18(20)11-10-16-8-6-15(5)7-9-16/h6-11,13-14,17H,12H2,1-5H3,(H,19,20)/b11-10+. The monoisotopic (exact) mass is 273 g/mol. The summed E-state index contributed by atoms with van der Waals surface area (Å²) in [6, 6.07) is 8.13. The highest BCUT2D eigenvalue weighted by Crippen LogP contribution is 2.19. The van der Waals surface area contributed by atoms with E-state index in [1.54, 1.807) is 6.08 Å². The molecule has 0 aliphatic heterocycles. The number of carbonyl (C=O) groups is 1. The first-order valence-electron chi connectivity index (χ1n) is 7.42. The van der Waals surface area contributed by atoms with Gasteiger partial charge >= 0.3 is 0 Å². The predicted octanol–water partition coefficient (Wildman–Crippen LogP) is 4.05. The lowest BCUT2D eigenvalue weighted by Crippen LogP contribution is -2.32. The van der Waals surface area contributed by atoms with Crippen LogP contribution in [0.1, 0.15) is 38.8 Å². The van der Waals surface area contributed by atoms with E-state index in [0.717, 1.165) is 12.1 Å². The van der Waals surface area contributed by atoms with Crippen molar-refractivity contribution in [1.82, 2.24) is 5.32 Å². The zero-order valence-electron chi connectivity index (χ0n) is 13.3. The van der Waals surface area contributed by atoms with Gasteiger partial charge in [0.05, 0.1) is 0 Å². The van der Waals surface area contributed by atoms with Crippen LogP contribution in [0.5, 0.6) is 0 Å². The van der Waals surface area contributed by atoms with Gasteiger partial charge in [0.25, 0.3) is 0 Å². The molecule has 0 aromatic heterocycles. The van der Waals surface area contributed by atoms with E-state index in [9.17, 15) is 4.79 Å². The molecule has 0 fully saturated rings. The van der Waals surface area contributed by atoms with Gasteiger partial charge in [0, 0.05) is 12.6 Å². The van der Waals surface area contributed by atoms with Crippen molar-refractivity contribution in [2.24, 2.45) is 17.8 Å². The molecule has 1 aromatic carbocycles. The maximum atomic E-state index is 11.8. The van der Waals surface area contributed by atoms with E-state index in [-0.39, 0.29) is 5.91 Å². The quantitative estimate of drug-likeness (QED) is 0.778. The highest BCUT2D eigenvalue weighted by atomic mass is 16.1. The third kappa shape index (κ3) is 5.60. The van der Waals surface area contributed by atoms with Crippen molar-refractivity contribution < 1.29 is 4.79 Å². The second-order valence-electron chi connectivity index (χ2n) is 6.14. The average molecular weight is 273 g/mol. The molecule has 0 heterocycles. The Hall–Kier alpha value is -1.57. The molecule has 110 valence electrons. The number of hydrogen-bond donors (Lipinski definition) is 1. The zero-order chi connectivity index (χ0) is 15.1. The highest BCUT2D eigenvalue weighted by molar-refractivity contribution is 5.91. The Kier molecular flexibility index (Phi) is 6.50. The van der Waals surface area contributed by atoms with Crippen LogP contribution in [0.2, 0.25) is 0 Å². The summed E-state index contributed by atoms with van der Waals surface area (Å²) < 4.78 is 0. The third-order valence-electron chi connectivity index (χ3n) is 3.73. The Bertz CT molecular complexity index is 435. The molecular weight excluding hydrogens is 246 g/mol. The Morgan fingerprint density at radius 1 is 1.10 bits per heavy atom. The van der Waals surface area contributed by atoms with Crippen LogP contribution in [-0.2, 0) is 4.79 Å². The van der Waals surface area contributed by atoms with Gasteiger partial charge in [0.2, 0.25) is 5.91 Å². The smallest absolute Gasteiger partial charge is 0.244 e. The lowest BCUT2D eigenvalue weighted by atomic mass is 9.85. The van der Waals surface area contributed by atoms with Gasteiger partial charge in [-0.1, -0.05) is 57.5 Å². The second-order valence-corrected chi connectivity index (χ2v) is 6.14. The van der Waals surface area contributed by atoms with Gasteiger partial charge in [-0.3, -0.25) is 4.79 Å². The van der Waals surface area contributed by atoms with Gasteiger partial charge in [-0.25, -0.2) is 0 Å². The average Bonchev–Trinajstić information content (AvgIpc) is 2.37. The lowest BCUT2D eigenvalue weighted by Gasteiger charge is -2.24. The van der Waals surface area contributed by atoms with E-state index in [2.05, 4.69) is 39.9 Å². The van der Waals surface area contributed by atoms with Crippen molar-refractivity contribution in [2.45, 2.75) is 34.6 Å². The van der Waals surface area contributed by atoms with Crippen molar-refractivity contribution in [3.8, 4) is 0 Å². The van der Waals surface area contributed by atoms with Crippen LogP contribution in [0.4, 0.5) is 0 Å². The maximum absolute atomic E-state index is 11.8. The molecule has 0 atom stereocenters. The molecule has 1 N–H and O–H groups in total. The summed E-state index contributed by atoms with van der Waals surface area (Å²) in [5.41, 5.74) is 2.28. The molecule has 0 saturated heterocycles. The predicted molar refractivity (Wildman–Crippen MR) is 86.4 cm³/mol. The number of carbonyl (C=O) groups excluding carboxylic acids is 1. The van der Waals surface area contributed by atoms with E-state index in [1.165, 1.54) is 5.56 Å². The molecule has 0 saturated carbocycles. The van der Waals surface area contributed by atoms with Crippen molar-refractivity contribution >= 4 is 12.0 Å². The molecule has 0 radical (unpaired) electrons. The van der Waals surface area contributed by atoms with Crippen molar-refractivity contribution in [2.75, 3.05) is 6.54 Å². The summed E-state index contributed by atoms with van der Waals surface area (Å²) in [4.78, 5) is 11.8. The number of benzene rings is 1. The van der Waals surface area contributed by atoms with Gasteiger partial charge in [0.1, 0.15) is 0 Å². The molecule has 0 bridgehead atoms. The Labute approximate surface area is 123 Å². The summed E-state index contributed by atoms with van der Waals surface area (Å²) >= 11 is 0. The summed E-state index contributed by atoms with van der Waals surface area (Å²) in [5.74, 6) is 1.66. The van der Waals surface area contributed by atoms with Crippen LogP contribution in [0.15, 0.2) is 30.3 Å². The van der Waals surface area contributed by atoms with Gasteiger partial charge in [-0.15, -0.1) is 0 Å². The molecule has 1 amide bonds. The molecule has 0 aliphatic rings. The first-order chi connectivity index (χ1) is 9.40. The van der Waals surface area contributed by atoms with Gasteiger partial charge in [-0.05, 0) is 36.3 Å². The van der Waals surface area contributed by atoms with E-state index >= 15 is 0 Å². The number of nitrogens with one attached hydrogen (secondary N) is 1. The summed E-state index contributed by atoms with van der Waals surface area (Å²) in [6.07, 6.45) is 3.47. The van der Waals surface area contributed by atoms with Crippen LogP contribution in [0.3, 0.4) is 0 Å². The first kappa shape index (κ1) is 16.5. The molecule has 2 heteroatoms. The maximum Gasteiger partial charge on any atom is 0.244 e. The fourth-order valence-electron chi connectivity index (χ4n) is 2.37. The number of hydrogen-bond acceptors (Lipinski definition) is 1. The molecule has 1 rings (SSSR count). The summed E-state index contributed by atoms with van der Waals surface area (Å²) in [7, 11) is 0. The SMILES string of the molecule is Cc1ccc(/C=C/C(=O)NCC(C(C)C)C(C)C)cc1. The molecule has 0 aliphatic carbocycles. The third-order valence-corrected chi connectivity index (χ3v) is 3.73. The van der Waals surface area contributed by atoms with Crippen LogP contribution in [0, 0.1) is 24.7 Å². The molecule has 1 aromatic rings. The lowest BCUT2D eigenvalue weighted by molar-refractivity contribution is -0.116. The molecule has 2 nitrogen and oxygen atoms in total. The minimum atomic E-state index is -0.0168. The van der Waals surface area contributed by atoms with Gasteiger partial charge < -0.3 is 5.32 Å². The van der Waals surface area contributed by atoms with Crippen molar-refractivity contribution in [1.29, 1.82) is 0 Å². The second kappa shape index (κ2) is 7.88. The fraction of sp³-hybridized carbons (Fsp3) is 0.500.